The van der Waals surface area contributed by atoms with Gasteiger partial charge in [-0.15, -0.1) is 0 Å². The second-order valence-corrected chi connectivity index (χ2v) is 5.33. The van der Waals surface area contributed by atoms with Gasteiger partial charge < -0.3 is 15.2 Å². The lowest BCUT2D eigenvalue weighted by Crippen LogP contribution is -2.26. The minimum absolute atomic E-state index is 0.0936. The number of nitrogens with zero attached hydrogens (tertiary/aromatic N) is 3. The Morgan fingerprint density at radius 3 is 2.65 bits per heavy atom. The summed E-state index contributed by atoms with van der Waals surface area (Å²) >= 11 is 0. The second-order valence-electron chi connectivity index (χ2n) is 5.33. The van der Waals surface area contributed by atoms with Crippen LogP contribution in [0, 0.1) is 5.92 Å². The maximum Gasteiger partial charge on any atom is 0.0949 e. The molecule has 1 aliphatic heterocycles. The Balaban J connectivity index is 1.93. The number of likely N-dealkylation sites (tertiary alicyclic amines) is 1. The molecule has 1 unspecified atom stereocenters. The lowest BCUT2D eigenvalue weighted by atomic mass is 10.0. The van der Waals surface area contributed by atoms with E-state index in [0.29, 0.717) is 5.92 Å². The molecule has 1 aromatic heterocycles. The maximum absolute atomic E-state index is 6.19. The lowest BCUT2D eigenvalue weighted by Gasteiger charge is -2.20. The Morgan fingerprint density at radius 2 is 2.00 bits per heavy atom. The highest BCUT2D eigenvalue weighted by molar-refractivity contribution is 5.05. The third kappa shape index (κ3) is 3.07. The Morgan fingerprint density at radius 1 is 1.29 bits per heavy atom. The van der Waals surface area contributed by atoms with Crippen molar-refractivity contribution in [1.29, 1.82) is 0 Å². The van der Waals surface area contributed by atoms with Crippen molar-refractivity contribution in [2.24, 2.45) is 11.7 Å². The largest absolute Gasteiger partial charge is 0.332 e. The highest BCUT2D eigenvalue weighted by Gasteiger charge is 2.16. The van der Waals surface area contributed by atoms with Gasteiger partial charge in [0.2, 0.25) is 0 Å². The lowest BCUT2D eigenvalue weighted by molar-refractivity contribution is 0.318. The van der Waals surface area contributed by atoms with Gasteiger partial charge in [-0.2, -0.15) is 0 Å². The van der Waals surface area contributed by atoms with Crippen LogP contribution in [0.3, 0.4) is 0 Å². The van der Waals surface area contributed by atoms with E-state index in [0.717, 1.165) is 13.1 Å². The molecule has 0 spiro atoms. The fourth-order valence-corrected chi connectivity index (χ4v) is 2.39. The van der Waals surface area contributed by atoms with E-state index in [1.165, 1.54) is 31.6 Å². The summed E-state index contributed by atoms with van der Waals surface area (Å²) in [7, 11) is 0. The summed E-state index contributed by atoms with van der Waals surface area (Å²) in [6.07, 6.45) is 6.52. The minimum Gasteiger partial charge on any atom is -0.332 e. The number of rotatable bonds is 5. The van der Waals surface area contributed by atoms with Crippen LogP contribution in [0.4, 0.5) is 0 Å². The van der Waals surface area contributed by atoms with Gasteiger partial charge in [-0.05, 0) is 31.8 Å². The standard InChI is InChI=1S/C13H24N4/c1-11(2)13(14)12-9-15-10-17(12)8-7-16-5-3-4-6-16/h9-11,13H,3-8,14H2,1-2H3. The van der Waals surface area contributed by atoms with Crippen molar-refractivity contribution in [2.75, 3.05) is 19.6 Å². The van der Waals surface area contributed by atoms with E-state index >= 15 is 0 Å². The van der Waals surface area contributed by atoms with E-state index in [1.54, 1.807) is 0 Å². The number of hydrogen-bond donors (Lipinski definition) is 1. The van der Waals surface area contributed by atoms with Gasteiger partial charge in [0.05, 0.1) is 12.0 Å². The van der Waals surface area contributed by atoms with Crippen molar-refractivity contribution in [3.05, 3.63) is 18.2 Å². The molecule has 2 N–H and O–H groups in total. The summed E-state index contributed by atoms with van der Waals surface area (Å²) < 4.78 is 2.21. The number of nitrogens with two attached hydrogens (primary N) is 1. The molecular formula is C13H24N4. The zero-order chi connectivity index (χ0) is 12.3. The molecule has 0 amide bonds. The monoisotopic (exact) mass is 236 g/mol. The number of imidazole rings is 1. The molecule has 1 aliphatic rings. The highest BCUT2D eigenvalue weighted by atomic mass is 15.2. The van der Waals surface area contributed by atoms with Crippen molar-refractivity contribution in [3.63, 3.8) is 0 Å². The Hall–Kier alpha value is -0.870. The molecule has 0 saturated carbocycles. The molecule has 1 atom stereocenters. The van der Waals surface area contributed by atoms with Crippen LogP contribution < -0.4 is 5.73 Å². The maximum atomic E-state index is 6.19. The molecule has 0 bridgehead atoms. The first kappa shape index (κ1) is 12.6. The molecule has 0 radical (unpaired) electrons. The van der Waals surface area contributed by atoms with E-state index < -0.39 is 0 Å². The van der Waals surface area contributed by atoms with Gasteiger partial charge in [0.15, 0.2) is 0 Å². The Labute approximate surface area is 104 Å². The minimum atomic E-state index is 0.0936. The average molecular weight is 236 g/mol. The van der Waals surface area contributed by atoms with Gasteiger partial charge in [-0.25, -0.2) is 4.98 Å². The van der Waals surface area contributed by atoms with Crippen LogP contribution >= 0.6 is 0 Å². The Kier molecular flexibility index (Phi) is 4.18. The van der Waals surface area contributed by atoms with Crippen LogP contribution in [0.1, 0.15) is 38.4 Å². The molecule has 0 aliphatic carbocycles. The van der Waals surface area contributed by atoms with Crippen LogP contribution in [0.2, 0.25) is 0 Å². The summed E-state index contributed by atoms with van der Waals surface area (Å²) in [5, 5.41) is 0. The first-order valence-corrected chi connectivity index (χ1v) is 6.66. The van der Waals surface area contributed by atoms with Crippen molar-refractivity contribution in [1.82, 2.24) is 14.5 Å². The van der Waals surface area contributed by atoms with Crippen LogP contribution in [-0.4, -0.2) is 34.1 Å². The molecule has 2 rings (SSSR count). The molecule has 1 aromatic rings. The first-order chi connectivity index (χ1) is 8.18. The summed E-state index contributed by atoms with van der Waals surface area (Å²) in [6.45, 7) is 8.94. The zero-order valence-corrected chi connectivity index (χ0v) is 11.0. The van der Waals surface area contributed by atoms with E-state index in [-0.39, 0.29) is 6.04 Å². The predicted octanol–water partition coefficient (Wildman–Crippen LogP) is 1.63. The summed E-state index contributed by atoms with van der Waals surface area (Å²) in [5.74, 6) is 0.456. The smallest absolute Gasteiger partial charge is 0.0949 e. The van der Waals surface area contributed by atoms with Crippen molar-refractivity contribution in [2.45, 2.75) is 39.3 Å². The van der Waals surface area contributed by atoms with Gasteiger partial charge >= 0.3 is 0 Å². The molecule has 0 aromatic carbocycles. The van der Waals surface area contributed by atoms with Gasteiger partial charge in [0, 0.05) is 25.3 Å². The van der Waals surface area contributed by atoms with Crippen LogP contribution in [0.5, 0.6) is 0 Å². The molecular weight excluding hydrogens is 212 g/mol. The van der Waals surface area contributed by atoms with Crippen LogP contribution in [0.25, 0.3) is 0 Å². The highest BCUT2D eigenvalue weighted by Crippen LogP contribution is 2.18. The average Bonchev–Trinajstić information content (AvgIpc) is 2.96. The van der Waals surface area contributed by atoms with Gasteiger partial charge in [0.25, 0.3) is 0 Å². The number of hydrogen-bond acceptors (Lipinski definition) is 3. The predicted molar refractivity (Wildman–Crippen MR) is 69.7 cm³/mol. The molecule has 2 heterocycles. The third-order valence-corrected chi connectivity index (χ3v) is 3.66. The first-order valence-electron chi connectivity index (χ1n) is 6.66. The van der Waals surface area contributed by atoms with Crippen molar-refractivity contribution >= 4 is 0 Å². The van der Waals surface area contributed by atoms with E-state index in [9.17, 15) is 0 Å². The topological polar surface area (TPSA) is 47.1 Å². The fraction of sp³-hybridized carbons (Fsp3) is 0.769. The van der Waals surface area contributed by atoms with E-state index in [1.807, 2.05) is 12.5 Å². The third-order valence-electron chi connectivity index (χ3n) is 3.66. The van der Waals surface area contributed by atoms with E-state index in [4.69, 9.17) is 5.73 Å². The summed E-state index contributed by atoms with van der Waals surface area (Å²) in [4.78, 5) is 6.75. The number of aromatic nitrogens is 2. The van der Waals surface area contributed by atoms with Crippen molar-refractivity contribution in [3.8, 4) is 0 Å². The van der Waals surface area contributed by atoms with E-state index in [2.05, 4.69) is 28.3 Å². The normalized spacial score (nSPS) is 19.1. The summed E-state index contributed by atoms with van der Waals surface area (Å²) in [6, 6.07) is 0.0936. The molecule has 4 heteroatoms. The van der Waals surface area contributed by atoms with Gasteiger partial charge in [-0.3, -0.25) is 0 Å². The van der Waals surface area contributed by atoms with Gasteiger partial charge in [-0.1, -0.05) is 13.8 Å². The van der Waals surface area contributed by atoms with Gasteiger partial charge in [0.1, 0.15) is 0 Å². The summed E-state index contributed by atoms with van der Waals surface area (Å²) in [5.41, 5.74) is 7.36. The molecule has 1 saturated heterocycles. The molecule has 17 heavy (non-hydrogen) atoms. The fourth-order valence-electron chi connectivity index (χ4n) is 2.39. The van der Waals surface area contributed by atoms with Crippen molar-refractivity contribution < 1.29 is 0 Å². The molecule has 4 nitrogen and oxygen atoms in total. The quantitative estimate of drug-likeness (QED) is 0.845. The second kappa shape index (κ2) is 5.65. The van der Waals surface area contributed by atoms with Crippen LogP contribution in [-0.2, 0) is 6.54 Å². The molecule has 96 valence electrons. The SMILES string of the molecule is CC(C)C(N)c1cncn1CCN1CCCC1. The zero-order valence-electron chi connectivity index (χ0n) is 11.0. The van der Waals surface area contributed by atoms with Crippen LogP contribution in [0.15, 0.2) is 12.5 Å². The Bertz CT molecular complexity index is 339. The molecule has 1 fully saturated rings.